The van der Waals surface area contributed by atoms with Gasteiger partial charge in [0.2, 0.25) is 0 Å². The van der Waals surface area contributed by atoms with Crippen LogP contribution < -0.4 is 11.1 Å². The zero-order valence-electron chi connectivity index (χ0n) is 12.4. The second kappa shape index (κ2) is 7.10. The molecule has 2 rings (SSSR count). The third-order valence-corrected chi connectivity index (χ3v) is 4.41. The molecule has 0 aromatic heterocycles. The van der Waals surface area contributed by atoms with Crippen molar-refractivity contribution in [3.63, 3.8) is 0 Å². The summed E-state index contributed by atoms with van der Waals surface area (Å²) in [5.74, 6) is 0.633. The minimum Gasteiger partial charge on any atom is -0.370 e. The Kier molecular flexibility index (Phi) is 5.45. The predicted molar refractivity (Wildman–Crippen MR) is 80.4 cm³/mol. The molecule has 1 atom stereocenters. The van der Waals surface area contributed by atoms with Crippen molar-refractivity contribution in [3.05, 3.63) is 0 Å². The largest absolute Gasteiger partial charge is 0.370 e. The van der Waals surface area contributed by atoms with Gasteiger partial charge in [-0.25, -0.2) is 0 Å². The standard InChI is InChI=1S/C14H29N5/c1-18-8-9-19(2)13(11-18)10-16-14(15)17-12-6-4-3-5-7-12/h12-13H,3-11H2,1-2H3,(H3,15,16,17). The van der Waals surface area contributed by atoms with Gasteiger partial charge in [-0.1, -0.05) is 19.3 Å². The van der Waals surface area contributed by atoms with E-state index >= 15 is 0 Å². The first kappa shape index (κ1) is 14.6. The van der Waals surface area contributed by atoms with Gasteiger partial charge in [0.15, 0.2) is 5.96 Å². The average molecular weight is 267 g/mol. The fraction of sp³-hybridized carbons (Fsp3) is 0.929. The summed E-state index contributed by atoms with van der Waals surface area (Å²) in [6.07, 6.45) is 6.49. The molecule has 2 aliphatic rings. The van der Waals surface area contributed by atoms with E-state index in [1.54, 1.807) is 0 Å². The van der Waals surface area contributed by atoms with Gasteiger partial charge >= 0.3 is 0 Å². The molecule has 1 saturated heterocycles. The molecule has 19 heavy (non-hydrogen) atoms. The van der Waals surface area contributed by atoms with Gasteiger partial charge in [-0.2, -0.15) is 0 Å². The smallest absolute Gasteiger partial charge is 0.188 e. The van der Waals surface area contributed by atoms with Crippen LogP contribution >= 0.6 is 0 Å². The Balaban J connectivity index is 1.76. The summed E-state index contributed by atoms with van der Waals surface area (Å²) in [5, 5.41) is 3.38. The molecule has 0 bridgehead atoms. The van der Waals surface area contributed by atoms with Gasteiger partial charge in [-0.05, 0) is 26.9 Å². The van der Waals surface area contributed by atoms with E-state index in [0.29, 0.717) is 18.0 Å². The summed E-state index contributed by atoms with van der Waals surface area (Å²) < 4.78 is 0. The first-order valence-corrected chi connectivity index (χ1v) is 7.60. The fourth-order valence-corrected chi connectivity index (χ4v) is 3.00. The second-order valence-corrected chi connectivity index (χ2v) is 6.10. The fourth-order valence-electron chi connectivity index (χ4n) is 3.00. The second-order valence-electron chi connectivity index (χ2n) is 6.10. The molecule has 0 radical (unpaired) electrons. The van der Waals surface area contributed by atoms with Crippen molar-refractivity contribution in [1.82, 2.24) is 15.1 Å². The summed E-state index contributed by atoms with van der Waals surface area (Å²) in [6, 6.07) is 1.04. The number of nitrogens with two attached hydrogens (primary N) is 1. The Hall–Kier alpha value is -0.810. The van der Waals surface area contributed by atoms with Crippen LogP contribution in [0.4, 0.5) is 0 Å². The summed E-state index contributed by atoms with van der Waals surface area (Å²) in [6.45, 7) is 4.14. The quantitative estimate of drug-likeness (QED) is 0.576. The number of aliphatic imine (C=N–C) groups is 1. The van der Waals surface area contributed by atoms with Crippen LogP contribution in [0.15, 0.2) is 4.99 Å². The van der Waals surface area contributed by atoms with Crippen LogP contribution in [-0.4, -0.2) is 68.1 Å². The maximum atomic E-state index is 6.01. The number of guanidine groups is 1. The Morgan fingerprint density at radius 3 is 2.68 bits per heavy atom. The van der Waals surface area contributed by atoms with Crippen molar-refractivity contribution in [3.8, 4) is 0 Å². The molecule has 5 heteroatoms. The number of nitrogens with one attached hydrogen (secondary N) is 1. The third-order valence-electron chi connectivity index (χ3n) is 4.41. The van der Waals surface area contributed by atoms with E-state index in [4.69, 9.17) is 5.73 Å². The van der Waals surface area contributed by atoms with Crippen LogP contribution in [0.1, 0.15) is 32.1 Å². The minimum absolute atomic E-state index is 0.491. The molecule has 1 aliphatic heterocycles. The van der Waals surface area contributed by atoms with Crippen LogP contribution in [0, 0.1) is 0 Å². The number of hydrogen-bond donors (Lipinski definition) is 2. The zero-order valence-corrected chi connectivity index (χ0v) is 12.4. The summed E-state index contributed by atoms with van der Waals surface area (Å²) in [5.41, 5.74) is 6.01. The van der Waals surface area contributed by atoms with Crippen molar-refractivity contribution < 1.29 is 0 Å². The topological polar surface area (TPSA) is 56.9 Å². The minimum atomic E-state index is 0.491. The molecule has 2 fully saturated rings. The van der Waals surface area contributed by atoms with Crippen molar-refractivity contribution in [1.29, 1.82) is 0 Å². The molecule has 0 aromatic carbocycles. The molecule has 110 valence electrons. The molecule has 3 N–H and O–H groups in total. The molecule has 0 spiro atoms. The lowest BCUT2D eigenvalue weighted by Crippen LogP contribution is -2.51. The SMILES string of the molecule is CN1CCN(C)C(CN=C(N)NC2CCCCC2)C1. The van der Waals surface area contributed by atoms with Gasteiger partial charge in [0.1, 0.15) is 0 Å². The van der Waals surface area contributed by atoms with Crippen LogP contribution in [0.3, 0.4) is 0 Å². The maximum absolute atomic E-state index is 6.01. The molecule has 0 aromatic rings. The maximum Gasteiger partial charge on any atom is 0.188 e. The average Bonchev–Trinajstić information content (AvgIpc) is 2.41. The van der Waals surface area contributed by atoms with Crippen LogP contribution in [0.2, 0.25) is 0 Å². The highest BCUT2D eigenvalue weighted by Crippen LogP contribution is 2.17. The lowest BCUT2D eigenvalue weighted by Gasteiger charge is -2.36. The van der Waals surface area contributed by atoms with Gasteiger partial charge in [-0.15, -0.1) is 0 Å². The Bertz CT molecular complexity index is 298. The highest BCUT2D eigenvalue weighted by Gasteiger charge is 2.21. The van der Waals surface area contributed by atoms with E-state index in [9.17, 15) is 0 Å². The molecule has 1 saturated carbocycles. The van der Waals surface area contributed by atoms with E-state index in [-0.39, 0.29) is 0 Å². The van der Waals surface area contributed by atoms with Gasteiger partial charge in [0.05, 0.1) is 6.54 Å². The van der Waals surface area contributed by atoms with Crippen molar-refractivity contribution >= 4 is 5.96 Å². The van der Waals surface area contributed by atoms with E-state index in [1.807, 2.05) is 0 Å². The van der Waals surface area contributed by atoms with E-state index in [0.717, 1.165) is 26.2 Å². The molecule has 1 heterocycles. The highest BCUT2D eigenvalue weighted by molar-refractivity contribution is 5.78. The highest BCUT2D eigenvalue weighted by atomic mass is 15.3. The van der Waals surface area contributed by atoms with E-state index in [2.05, 4.69) is 34.2 Å². The zero-order chi connectivity index (χ0) is 13.7. The Labute approximate surface area is 117 Å². The predicted octanol–water partition coefficient (Wildman–Crippen LogP) is 0.469. The van der Waals surface area contributed by atoms with Crippen LogP contribution in [0.5, 0.6) is 0 Å². The van der Waals surface area contributed by atoms with Crippen molar-refractivity contribution in [2.45, 2.75) is 44.2 Å². The van der Waals surface area contributed by atoms with E-state index in [1.165, 1.54) is 32.1 Å². The molecular weight excluding hydrogens is 238 g/mol. The van der Waals surface area contributed by atoms with Crippen LogP contribution in [-0.2, 0) is 0 Å². The molecule has 0 amide bonds. The third kappa shape index (κ3) is 4.66. The number of nitrogens with zero attached hydrogens (tertiary/aromatic N) is 3. The summed E-state index contributed by atoms with van der Waals surface area (Å²) in [7, 11) is 4.35. The molecule has 1 aliphatic carbocycles. The van der Waals surface area contributed by atoms with Crippen molar-refractivity contribution in [2.75, 3.05) is 40.3 Å². The lowest BCUT2D eigenvalue weighted by atomic mass is 9.96. The van der Waals surface area contributed by atoms with Gasteiger partial charge < -0.3 is 16.0 Å². The van der Waals surface area contributed by atoms with Crippen molar-refractivity contribution in [2.24, 2.45) is 10.7 Å². The van der Waals surface area contributed by atoms with Gasteiger partial charge in [-0.3, -0.25) is 9.89 Å². The summed E-state index contributed by atoms with van der Waals surface area (Å²) in [4.78, 5) is 9.29. The normalized spacial score (nSPS) is 28.5. The lowest BCUT2D eigenvalue weighted by molar-refractivity contribution is 0.119. The van der Waals surface area contributed by atoms with Gasteiger partial charge in [0.25, 0.3) is 0 Å². The Morgan fingerprint density at radius 1 is 1.21 bits per heavy atom. The Morgan fingerprint density at radius 2 is 1.95 bits per heavy atom. The molecular formula is C14H29N5. The number of likely N-dealkylation sites (N-methyl/N-ethyl adjacent to an activating group) is 2. The monoisotopic (exact) mass is 267 g/mol. The molecule has 1 unspecified atom stereocenters. The number of rotatable bonds is 3. The summed E-state index contributed by atoms with van der Waals surface area (Å²) >= 11 is 0. The number of piperazine rings is 1. The van der Waals surface area contributed by atoms with Gasteiger partial charge in [0, 0.05) is 31.7 Å². The van der Waals surface area contributed by atoms with Crippen LogP contribution in [0.25, 0.3) is 0 Å². The first-order valence-electron chi connectivity index (χ1n) is 7.60. The first-order chi connectivity index (χ1) is 9.15. The van der Waals surface area contributed by atoms with E-state index < -0.39 is 0 Å². The molecule has 5 nitrogen and oxygen atoms in total. The number of hydrogen-bond acceptors (Lipinski definition) is 3.